The lowest BCUT2D eigenvalue weighted by Gasteiger charge is -2.40. The summed E-state index contributed by atoms with van der Waals surface area (Å²) in [5, 5.41) is 43.3. The van der Waals surface area contributed by atoms with E-state index in [4.69, 9.17) is 4.74 Å². The molecule has 32 heavy (non-hydrogen) atoms. The molecule has 0 unspecified atom stereocenters. The van der Waals surface area contributed by atoms with Gasteiger partial charge in [-0.2, -0.15) is 13.2 Å². The third-order valence-corrected chi connectivity index (χ3v) is 6.02. The lowest BCUT2D eigenvalue weighted by molar-refractivity contribution is -0.231. The average Bonchev–Trinajstić information content (AvgIpc) is 2.76. The Balaban J connectivity index is 0.00000289. The van der Waals surface area contributed by atoms with Crippen LogP contribution in [0.15, 0.2) is 42.5 Å². The summed E-state index contributed by atoms with van der Waals surface area (Å²) in [5.74, 6) is 0. The van der Waals surface area contributed by atoms with Crippen molar-refractivity contribution in [3.63, 3.8) is 0 Å². The van der Waals surface area contributed by atoms with Crippen LogP contribution in [-0.2, 0) is 17.3 Å². The van der Waals surface area contributed by atoms with Gasteiger partial charge in [0.15, 0.2) is 0 Å². The molecule has 2 aromatic carbocycles. The van der Waals surface area contributed by atoms with Gasteiger partial charge < -0.3 is 30.5 Å². The largest absolute Gasteiger partial charge is 0.416 e. The van der Waals surface area contributed by atoms with Crippen molar-refractivity contribution < 1.29 is 38.3 Å². The molecule has 2 aliphatic rings. The highest BCUT2D eigenvalue weighted by atomic mass is 35.5. The third-order valence-electron chi connectivity index (χ3n) is 6.02. The Morgan fingerprint density at radius 2 is 1.59 bits per heavy atom. The van der Waals surface area contributed by atoms with Crippen molar-refractivity contribution in [3.05, 3.63) is 70.3 Å². The lowest BCUT2D eigenvalue weighted by atomic mass is 9.85. The van der Waals surface area contributed by atoms with E-state index < -0.39 is 48.9 Å². The highest BCUT2D eigenvalue weighted by Gasteiger charge is 2.44. The maximum atomic E-state index is 12.9. The molecule has 0 saturated carbocycles. The minimum absolute atomic E-state index is 0. The molecular weight excluding hydrogens is 451 g/mol. The number of nitrogens with one attached hydrogen (secondary N) is 1. The first-order valence-corrected chi connectivity index (χ1v) is 10.0. The summed E-state index contributed by atoms with van der Waals surface area (Å²) in [4.78, 5) is 0. The van der Waals surface area contributed by atoms with E-state index in [9.17, 15) is 33.6 Å². The Hall–Kier alpha value is -1.72. The molecule has 2 aliphatic heterocycles. The van der Waals surface area contributed by atoms with Crippen LogP contribution in [0.25, 0.3) is 0 Å². The predicted octanol–water partition coefficient (Wildman–Crippen LogP) is 1.88. The number of ether oxygens (including phenoxy) is 1. The van der Waals surface area contributed by atoms with Gasteiger partial charge in [-0.3, -0.25) is 0 Å². The number of alkyl halides is 3. The summed E-state index contributed by atoms with van der Waals surface area (Å²) < 4.78 is 44.4. The van der Waals surface area contributed by atoms with Gasteiger partial charge in [-0.25, -0.2) is 0 Å². The first kappa shape index (κ1) is 24.9. The minimum Gasteiger partial charge on any atom is -0.394 e. The maximum Gasteiger partial charge on any atom is 0.416 e. The zero-order chi connectivity index (χ0) is 22.3. The number of rotatable bonds is 3. The summed E-state index contributed by atoms with van der Waals surface area (Å²) in [6, 6.07) is 10.0. The number of halogens is 4. The third kappa shape index (κ3) is 4.65. The van der Waals surface area contributed by atoms with E-state index in [1.54, 1.807) is 12.1 Å². The number of fused-ring (bicyclic) bond motifs is 1. The Morgan fingerprint density at radius 3 is 2.22 bits per heavy atom. The van der Waals surface area contributed by atoms with Gasteiger partial charge in [-0.05, 0) is 40.8 Å². The second-order valence-electron chi connectivity index (χ2n) is 7.96. The van der Waals surface area contributed by atoms with Crippen LogP contribution >= 0.6 is 12.4 Å². The molecule has 10 heteroatoms. The molecule has 0 aliphatic carbocycles. The standard InChI is InChI=1S/C22H24F3NO5.ClH/c23-22(24,25)14-5-3-12(4-6-14)17-15-9-13(2-1-11(15)7-8-26-17)21-20(30)19(29)18(28)16(10-27)31-21;/h1-6,9,16-21,26-30H,7-8,10H2;1H/t16-,17+,18-,19+,20-,21+;/m1./s1. The average molecular weight is 476 g/mol. The summed E-state index contributed by atoms with van der Waals surface area (Å²) >= 11 is 0. The summed E-state index contributed by atoms with van der Waals surface area (Å²) in [6.45, 7) is 0.125. The van der Waals surface area contributed by atoms with Crippen LogP contribution in [0.3, 0.4) is 0 Å². The van der Waals surface area contributed by atoms with Gasteiger partial charge in [-0.1, -0.05) is 30.3 Å². The van der Waals surface area contributed by atoms with Gasteiger partial charge in [0, 0.05) is 6.54 Å². The number of aliphatic hydroxyl groups is 4. The summed E-state index contributed by atoms with van der Waals surface area (Å²) in [7, 11) is 0. The van der Waals surface area contributed by atoms with E-state index in [-0.39, 0.29) is 18.4 Å². The van der Waals surface area contributed by atoms with Crippen LogP contribution in [0, 0.1) is 0 Å². The molecule has 2 aromatic rings. The highest BCUT2D eigenvalue weighted by molar-refractivity contribution is 5.85. The second kappa shape index (κ2) is 9.64. The molecule has 176 valence electrons. The number of aliphatic hydroxyl groups excluding tert-OH is 4. The van der Waals surface area contributed by atoms with E-state index in [0.29, 0.717) is 17.7 Å². The van der Waals surface area contributed by atoms with Crippen molar-refractivity contribution in [2.24, 2.45) is 0 Å². The first-order chi connectivity index (χ1) is 14.7. The van der Waals surface area contributed by atoms with E-state index in [1.807, 2.05) is 6.07 Å². The fourth-order valence-electron chi connectivity index (χ4n) is 4.29. The SMILES string of the molecule is Cl.OC[C@H]1O[C@@H](c2ccc3c(c2)[C@H](c2ccc(C(F)(F)F)cc2)NCC3)[C@H](O)[C@@H](O)[C@@H]1O. The zero-order valence-corrected chi connectivity index (χ0v) is 17.7. The fraction of sp³-hybridized carbons (Fsp3) is 0.455. The van der Waals surface area contributed by atoms with Crippen molar-refractivity contribution in [3.8, 4) is 0 Å². The predicted molar refractivity (Wildman–Crippen MR) is 111 cm³/mol. The van der Waals surface area contributed by atoms with Crippen LogP contribution < -0.4 is 5.32 Å². The fourth-order valence-corrected chi connectivity index (χ4v) is 4.29. The molecule has 0 aromatic heterocycles. The van der Waals surface area contributed by atoms with Crippen LogP contribution in [0.2, 0.25) is 0 Å². The Morgan fingerprint density at radius 1 is 0.938 bits per heavy atom. The first-order valence-electron chi connectivity index (χ1n) is 10.0. The van der Waals surface area contributed by atoms with Crippen molar-refractivity contribution in [2.75, 3.05) is 13.2 Å². The van der Waals surface area contributed by atoms with E-state index in [0.717, 1.165) is 29.7 Å². The van der Waals surface area contributed by atoms with Gasteiger partial charge in [0.1, 0.15) is 30.5 Å². The van der Waals surface area contributed by atoms with Crippen LogP contribution in [0.1, 0.15) is 40.0 Å². The van der Waals surface area contributed by atoms with E-state index in [1.165, 1.54) is 12.1 Å². The molecule has 2 heterocycles. The lowest BCUT2D eigenvalue weighted by Crippen LogP contribution is -2.55. The molecule has 6 nitrogen and oxygen atoms in total. The molecule has 0 spiro atoms. The molecule has 6 atom stereocenters. The van der Waals surface area contributed by atoms with Gasteiger partial charge in [-0.15, -0.1) is 12.4 Å². The number of benzene rings is 2. The second-order valence-corrected chi connectivity index (χ2v) is 7.96. The summed E-state index contributed by atoms with van der Waals surface area (Å²) in [5.41, 5.74) is 2.33. The quantitative estimate of drug-likeness (QED) is 0.464. The molecule has 0 amide bonds. The van der Waals surface area contributed by atoms with E-state index in [2.05, 4.69) is 5.32 Å². The molecule has 5 N–H and O–H groups in total. The Bertz CT molecular complexity index is 925. The van der Waals surface area contributed by atoms with Crippen LogP contribution in [0.4, 0.5) is 13.2 Å². The molecule has 0 bridgehead atoms. The zero-order valence-electron chi connectivity index (χ0n) is 16.9. The number of hydrogen-bond donors (Lipinski definition) is 5. The topological polar surface area (TPSA) is 102 Å². The van der Waals surface area contributed by atoms with Crippen molar-refractivity contribution in [1.29, 1.82) is 0 Å². The number of hydrogen-bond acceptors (Lipinski definition) is 6. The normalized spacial score (nSPS) is 30.3. The maximum absolute atomic E-state index is 12.9. The summed E-state index contributed by atoms with van der Waals surface area (Å²) in [6.07, 6.45) is -10.0. The van der Waals surface area contributed by atoms with Crippen molar-refractivity contribution in [2.45, 2.75) is 49.2 Å². The molecular formula is C22H25ClF3NO5. The Kier molecular flexibility index (Phi) is 7.51. The van der Waals surface area contributed by atoms with Gasteiger partial charge in [0.25, 0.3) is 0 Å². The Labute approximate surface area is 189 Å². The van der Waals surface area contributed by atoms with Gasteiger partial charge in [0.2, 0.25) is 0 Å². The smallest absolute Gasteiger partial charge is 0.394 e. The van der Waals surface area contributed by atoms with Crippen molar-refractivity contribution >= 4 is 12.4 Å². The monoisotopic (exact) mass is 475 g/mol. The minimum atomic E-state index is -4.41. The van der Waals surface area contributed by atoms with E-state index >= 15 is 0 Å². The van der Waals surface area contributed by atoms with Gasteiger partial charge in [0.05, 0.1) is 18.2 Å². The highest BCUT2D eigenvalue weighted by Crippen LogP contribution is 2.37. The van der Waals surface area contributed by atoms with Crippen LogP contribution in [0.5, 0.6) is 0 Å². The molecule has 1 saturated heterocycles. The van der Waals surface area contributed by atoms with Crippen LogP contribution in [-0.4, -0.2) is 58.0 Å². The van der Waals surface area contributed by atoms with Crippen molar-refractivity contribution in [1.82, 2.24) is 5.32 Å². The molecule has 1 fully saturated rings. The molecule has 4 rings (SSSR count). The van der Waals surface area contributed by atoms with Gasteiger partial charge >= 0.3 is 6.18 Å². The molecule has 0 radical (unpaired) electrons.